The standard InChI is InChI=1S/C25H27FN4O6S2/c26-15-1-5-21-19(11-15)25(33)28-14-17-3-2-16(12-24(32)27-8-9-36-21)30(17)38(34,35)18-4-6-22-20(13-18)29-23(31)7-10-37-22/h1,4-6,11,13,16-17H,2-3,7-10,12,14H2,(H,27,32)(H,28,33)(H,29,31)/t16-,17+/m0/s1. The summed E-state index contributed by atoms with van der Waals surface area (Å²) in [6, 6.07) is 6.93. The van der Waals surface area contributed by atoms with Gasteiger partial charge in [0.05, 0.1) is 22.7 Å². The summed E-state index contributed by atoms with van der Waals surface area (Å²) in [7, 11) is -4.12. The molecule has 38 heavy (non-hydrogen) atoms. The Balaban J connectivity index is 1.47. The highest BCUT2D eigenvalue weighted by Gasteiger charge is 2.43. The van der Waals surface area contributed by atoms with Crippen LogP contribution >= 0.6 is 11.8 Å². The van der Waals surface area contributed by atoms with Gasteiger partial charge in [0.15, 0.2) is 0 Å². The summed E-state index contributed by atoms with van der Waals surface area (Å²) in [5, 5.41) is 8.22. The van der Waals surface area contributed by atoms with Crippen molar-refractivity contribution in [1.29, 1.82) is 0 Å². The summed E-state index contributed by atoms with van der Waals surface area (Å²) >= 11 is 1.47. The van der Waals surface area contributed by atoms with Crippen LogP contribution in [0.5, 0.6) is 5.75 Å². The van der Waals surface area contributed by atoms with Crippen LogP contribution in [0.1, 0.15) is 36.0 Å². The number of amides is 3. The van der Waals surface area contributed by atoms with Crippen molar-refractivity contribution in [3.63, 3.8) is 0 Å². The summed E-state index contributed by atoms with van der Waals surface area (Å²) in [6.07, 6.45) is 1.11. The third-order valence-electron chi connectivity index (χ3n) is 6.73. The molecule has 1 fully saturated rings. The lowest BCUT2D eigenvalue weighted by Gasteiger charge is -2.30. The predicted molar refractivity (Wildman–Crippen MR) is 138 cm³/mol. The molecular formula is C25H27FN4O6S2. The summed E-state index contributed by atoms with van der Waals surface area (Å²) in [5.41, 5.74) is 0.411. The molecule has 0 unspecified atom stereocenters. The first-order valence-corrected chi connectivity index (χ1v) is 14.7. The number of hydrogen-bond donors (Lipinski definition) is 3. The van der Waals surface area contributed by atoms with E-state index in [1.165, 1.54) is 40.3 Å². The first-order chi connectivity index (χ1) is 18.2. The highest BCUT2D eigenvalue weighted by Crippen LogP contribution is 2.37. The Morgan fingerprint density at radius 3 is 2.66 bits per heavy atom. The van der Waals surface area contributed by atoms with Gasteiger partial charge in [-0.2, -0.15) is 4.31 Å². The van der Waals surface area contributed by atoms with E-state index in [9.17, 15) is 27.2 Å². The second-order valence-corrected chi connectivity index (χ2v) is 12.3. The normalized spacial score (nSPS) is 23.0. The van der Waals surface area contributed by atoms with E-state index >= 15 is 0 Å². The first-order valence-electron chi connectivity index (χ1n) is 12.3. The molecule has 5 rings (SSSR count). The molecule has 0 saturated carbocycles. The second-order valence-electron chi connectivity index (χ2n) is 9.28. The van der Waals surface area contributed by atoms with Crippen molar-refractivity contribution in [2.45, 2.75) is 47.6 Å². The van der Waals surface area contributed by atoms with Gasteiger partial charge >= 0.3 is 0 Å². The highest BCUT2D eigenvalue weighted by molar-refractivity contribution is 7.99. The molecule has 0 spiro atoms. The molecule has 0 aromatic heterocycles. The summed E-state index contributed by atoms with van der Waals surface area (Å²) in [6.45, 7) is 0.137. The van der Waals surface area contributed by atoms with Crippen LogP contribution in [0.25, 0.3) is 0 Å². The Kier molecular flexibility index (Phi) is 7.59. The number of hydrogen-bond acceptors (Lipinski definition) is 7. The molecule has 2 bridgehead atoms. The number of sulfonamides is 1. The fourth-order valence-electron chi connectivity index (χ4n) is 4.94. The Hall–Kier alpha value is -3.16. The number of nitrogens with zero attached hydrogens (tertiary/aromatic N) is 1. The minimum absolute atomic E-state index is 0.00961. The van der Waals surface area contributed by atoms with Crippen molar-refractivity contribution < 1.29 is 31.9 Å². The Labute approximate surface area is 223 Å². The van der Waals surface area contributed by atoms with E-state index in [2.05, 4.69) is 16.0 Å². The molecule has 202 valence electrons. The fourth-order valence-corrected chi connectivity index (χ4v) is 7.78. The SMILES string of the molecule is O=C1C[C@@H]2CC[C@H](CNC(=O)c3cc(F)ccc3OCCN1)N2S(=O)(=O)c1ccc2c(c1)NC(=O)CCS2. The number of benzene rings is 2. The van der Waals surface area contributed by atoms with E-state index in [0.717, 1.165) is 11.0 Å². The zero-order valence-electron chi connectivity index (χ0n) is 20.4. The molecule has 2 aromatic rings. The molecule has 1 saturated heterocycles. The van der Waals surface area contributed by atoms with Crippen LogP contribution in [-0.4, -0.2) is 68.0 Å². The number of thioether (sulfide) groups is 1. The zero-order valence-corrected chi connectivity index (χ0v) is 22.0. The van der Waals surface area contributed by atoms with Gasteiger partial charge in [-0.25, -0.2) is 12.8 Å². The van der Waals surface area contributed by atoms with Crippen molar-refractivity contribution in [3.05, 3.63) is 47.8 Å². The number of carbonyl (C=O) groups is 3. The molecular weight excluding hydrogens is 535 g/mol. The molecule has 3 aliphatic rings. The molecule has 3 amide bonds. The van der Waals surface area contributed by atoms with Gasteiger partial charge in [0.25, 0.3) is 5.91 Å². The average molecular weight is 563 g/mol. The number of ether oxygens (including phenoxy) is 1. The summed E-state index contributed by atoms with van der Waals surface area (Å²) in [4.78, 5) is 38.5. The Bertz CT molecular complexity index is 1390. The number of nitrogens with one attached hydrogen (secondary N) is 3. The van der Waals surface area contributed by atoms with Gasteiger partial charge in [0, 0.05) is 42.1 Å². The third-order valence-corrected chi connectivity index (χ3v) is 9.80. The predicted octanol–water partition coefficient (Wildman–Crippen LogP) is 2.11. The monoisotopic (exact) mass is 562 g/mol. The summed E-state index contributed by atoms with van der Waals surface area (Å²) in [5.74, 6) is -0.973. The van der Waals surface area contributed by atoms with Gasteiger partial charge in [-0.3, -0.25) is 14.4 Å². The molecule has 2 aromatic carbocycles. The molecule has 3 aliphatic heterocycles. The number of halogens is 1. The van der Waals surface area contributed by atoms with Gasteiger partial charge in [-0.1, -0.05) is 0 Å². The Morgan fingerprint density at radius 1 is 1.00 bits per heavy atom. The van der Waals surface area contributed by atoms with Gasteiger partial charge in [0.2, 0.25) is 21.8 Å². The fraction of sp³-hybridized carbons (Fsp3) is 0.400. The molecule has 0 aliphatic carbocycles. The number of carbonyl (C=O) groups excluding carboxylic acids is 3. The van der Waals surface area contributed by atoms with E-state index in [4.69, 9.17) is 4.74 Å². The quantitative estimate of drug-likeness (QED) is 0.511. The van der Waals surface area contributed by atoms with Gasteiger partial charge < -0.3 is 20.7 Å². The van der Waals surface area contributed by atoms with Crippen LogP contribution in [0.3, 0.4) is 0 Å². The molecule has 0 radical (unpaired) electrons. The van der Waals surface area contributed by atoms with Gasteiger partial charge in [-0.05, 0) is 49.2 Å². The second kappa shape index (κ2) is 10.9. The Morgan fingerprint density at radius 2 is 1.82 bits per heavy atom. The van der Waals surface area contributed by atoms with Crippen molar-refractivity contribution in [2.75, 3.05) is 30.8 Å². The third kappa shape index (κ3) is 5.49. The van der Waals surface area contributed by atoms with Crippen LogP contribution in [0, 0.1) is 5.82 Å². The number of fused-ring (bicyclic) bond motifs is 4. The van der Waals surface area contributed by atoms with Crippen LogP contribution < -0.4 is 20.7 Å². The maximum absolute atomic E-state index is 14.0. The molecule has 2 atom stereocenters. The van der Waals surface area contributed by atoms with Crippen molar-refractivity contribution in [2.24, 2.45) is 0 Å². The topological polar surface area (TPSA) is 134 Å². The van der Waals surface area contributed by atoms with E-state index in [0.29, 0.717) is 30.7 Å². The van der Waals surface area contributed by atoms with E-state index in [1.54, 1.807) is 6.07 Å². The lowest BCUT2D eigenvalue weighted by molar-refractivity contribution is -0.122. The molecule has 13 heteroatoms. The van der Waals surface area contributed by atoms with Crippen LogP contribution in [-0.2, 0) is 19.6 Å². The lowest BCUT2D eigenvalue weighted by atomic mass is 10.1. The van der Waals surface area contributed by atoms with Crippen molar-refractivity contribution in [1.82, 2.24) is 14.9 Å². The highest BCUT2D eigenvalue weighted by atomic mass is 32.2. The van der Waals surface area contributed by atoms with E-state index < -0.39 is 33.8 Å². The number of rotatable bonds is 2. The average Bonchev–Trinajstić information content (AvgIpc) is 3.18. The zero-order chi connectivity index (χ0) is 26.9. The van der Waals surface area contributed by atoms with Crippen LogP contribution in [0.15, 0.2) is 46.2 Å². The maximum atomic E-state index is 14.0. The van der Waals surface area contributed by atoms with E-state index in [-0.39, 0.29) is 54.1 Å². The largest absolute Gasteiger partial charge is 0.491 e. The van der Waals surface area contributed by atoms with Crippen molar-refractivity contribution >= 4 is 45.2 Å². The summed E-state index contributed by atoms with van der Waals surface area (Å²) < 4.78 is 48.7. The smallest absolute Gasteiger partial charge is 0.255 e. The van der Waals surface area contributed by atoms with Crippen LogP contribution in [0.2, 0.25) is 0 Å². The van der Waals surface area contributed by atoms with E-state index in [1.807, 2.05) is 0 Å². The minimum atomic E-state index is -4.12. The first kappa shape index (κ1) is 26.4. The number of anilines is 1. The lowest BCUT2D eigenvalue weighted by Crippen LogP contribution is -2.48. The molecule has 3 N–H and O–H groups in total. The molecule has 10 nitrogen and oxygen atoms in total. The van der Waals surface area contributed by atoms with Crippen molar-refractivity contribution in [3.8, 4) is 5.75 Å². The maximum Gasteiger partial charge on any atom is 0.255 e. The van der Waals surface area contributed by atoms with Crippen LogP contribution in [0.4, 0.5) is 10.1 Å². The molecule has 3 heterocycles. The van der Waals surface area contributed by atoms with Gasteiger partial charge in [-0.15, -0.1) is 11.8 Å². The minimum Gasteiger partial charge on any atom is -0.491 e. The van der Waals surface area contributed by atoms with Gasteiger partial charge in [0.1, 0.15) is 18.2 Å².